The fourth-order valence-electron chi connectivity index (χ4n) is 1.96. The van der Waals surface area contributed by atoms with Gasteiger partial charge in [-0.25, -0.2) is 13.2 Å². The number of nitrogens with one attached hydrogen (secondary N) is 2. The molecule has 0 aliphatic heterocycles. The van der Waals surface area contributed by atoms with Crippen molar-refractivity contribution >= 4 is 21.9 Å². The average Bonchev–Trinajstić information content (AvgIpc) is 2.54. The molecule has 146 valence electrons. The number of esters is 1. The maximum absolute atomic E-state index is 13.8. The number of sulfonamides is 1. The van der Waals surface area contributed by atoms with Crippen LogP contribution in [0.15, 0.2) is 35.2 Å². The molecule has 0 aliphatic rings. The third kappa shape index (κ3) is 4.94. The van der Waals surface area contributed by atoms with E-state index >= 15 is 0 Å². The largest absolute Gasteiger partial charge is 0.463 e. The molecule has 0 bridgehead atoms. The first-order valence-corrected chi connectivity index (χ1v) is 9.12. The summed E-state index contributed by atoms with van der Waals surface area (Å²) in [4.78, 5) is 23.3. The average molecular weight is 396 g/mol. The van der Waals surface area contributed by atoms with Gasteiger partial charge in [-0.05, 0) is 25.5 Å². The minimum atomic E-state index is -5.50. The van der Waals surface area contributed by atoms with Crippen molar-refractivity contribution in [3.63, 3.8) is 0 Å². The van der Waals surface area contributed by atoms with Gasteiger partial charge in [0, 0.05) is 6.42 Å². The molecule has 1 aromatic rings. The van der Waals surface area contributed by atoms with E-state index in [2.05, 4.69) is 4.74 Å². The number of amides is 1. The van der Waals surface area contributed by atoms with Gasteiger partial charge in [-0.3, -0.25) is 4.79 Å². The number of carbonyl (C=O) groups is 2. The number of hydrogen-bond acceptors (Lipinski definition) is 5. The number of benzene rings is 1. The molecule has 1 atom stereocenters. The zero-order valence-corrected chi connectivity index (χ0v) is 14.9. The summed E-state index contributed by atoms with van der Waals surface area (Å²) in [5, 5.41) is 1.45. The lowest BCUT2D eigenvalue weighted by atomic mass is 10.1. The predicted molar refractivity (Wildman–Crippen MR) is 85.2 cm³/mol. The van der Waals surface area contributed by atoms with E-state index in [1.54, 1.807) is 0 Å². The maximum atomic E-state index is 13.8. The van der Waals surface area contributed by atoms with Crippen molar-refractivity contribution in [3.05, 3.63) is 30.3 Å². The lowest BCUT2D eigenvalue weighted by Crippen LogP contribution is -2.73. The summed E-state index contributed by atoms with van der Waals surface area (Å²) in [5.41, 5.74) is -3.94. The second-order valence-electron chi connectivity index (χ2n) is 5.18. The molecule has 0 radical (unpaired) electrons. The number of rotatable bonds is 8. The molecule has 26 heavy (non-hydrogen) atoms. The van der Waals surface area contributed by atoms with Crippen molar-refractivity contribution in [1.82, 2.24) is 10.0 Å². The van der Waals surface area contributed by atoms with E-state index in [1.807, 2.05) is 0 Å². The van der Waals surface area contributed by atoms with Crippen molar-refractivity contribution in [3.8, 4) is 0 Å². The van der Waals surface area contributed by atoms with Gasteiger partial charge in [0.05, 0.1) is 11.5 Å². The van der Waals surface area contributed by atoms with Crippen molar-refractivity contribution < 1.29 is 35.9 Å². The van der Waals surface area contributed by atoms with E-state index in [0.717, 1.165) is 12.1 Å². The van der Waals surface area contributed by atoms with Gasteiger partial charge in [0.25, 0.3) is 0 Å². The minimum absolute atomic E-state index is 0.189. The smallest absolute Gasteiger partial charge is 0.437 e. The van der Waals surface area contributed by atoms with Gasteiger partial charge < -0.3 is 10.1 Å². The highest BCUT2D eigenvalue weighted by molar-refractivity contribution is 7.89. The zero-order valence-electron chi connectivity index (χ0n) is 14.1. The SMILES string of the molecule is CCCC(=O)NC(NS(=O)(=O)c1ccccc1)(C(=O)OCC)C(F)(F)F. The fraction of sp³-hybridized carbons (Fsp3) is 0.467. The molecule has 0 spiro atoms. The third-order valence-corrected chi connectivity index (χ3v) is 4.62. The molecule has 2 N–H and O–H groups in total. The van der Waals surface area contributed by atoms with Crippen LogP contribution in [-0.4, -0.2) is 38.7 Å². The Morgan fingerprint density at radius 1 is 1.12 bits per heavy atom. The van der Waals surface area contributed by atoms with Gasteiger partial charge in [-0.1, -0.05) is 25.1 Å². The van der Waals surface area contributed by atoms with Crippen LogP contribution in [0.25, 0.3) is 0 Å². The molecule has 1 aromatic carbocycles. The molecule has 1 amide bonds. The summed E-state index contributed by atoms with van der Waals surface area (Å²) < 4.78 is 71.7. The van der Waals surface area contributed by atoms with Crippen LogP contribution in [0, 0.1) is 0 Å². The fourth-order valence-corrected chi connectivity index (χ4v) is 3.25. The van der Waals surface area contributed by atoms with E-state index < -0.39 is 45.2 Å². The van der Waals surface area contributed by atoms with Gasteiger partial charge >= 0.3 is 17.8 Å². The molecular formula is C15H19F3N2O5S. The standard InChI is InChI=1S/C15H19F3N2O5S/c1-3-8-12(21)19-14(15(16,17)18,13(22)25-4-2)20-26(23,24)11-9-6-5-7-10-11/h5-7,9-10,20H,3-4,8H2,1-2H3,(H,19,21). The molecule has 7 nitrogen and oxygen atoms in total. The molecule has 0 aliphatic carbocycles. The van der Waals surface area contributed by atoms with Crippen molar-refractivity contribution in [2.24, 2.45) is 0 Å². The second-order valence-corrected chi connectivity index (χ2v) is 6.87. The van der Waals surface area contributed by atoms with Gasteiger partial charge in [0.1, 0.15) is 0 Å². The van der Waals surface area contributed by atoms with Crippen molar-refractivity contribution in [1.29, 1.82) is 0 Å². The highest BCUT2D eigenvalue weighted by Crippen LogP contribution is 2.31. The first-order valence-electron chi connectivity index (χ1n) is 7.64. The van der Waals surface area contributed by atoms with Crippen molar-refractivity contribution in [2.75, 3.05) is 6.61 Å². The topological polar surface area (TPSA) is 102 Å². The van der Waals surface area contributed by atoms with E-state index in [9.17, 15) is 31.2 Å². The van der Waals surface area contributed by atoms with Crippen molar-refractivity contribution in [2.45, 2.75) is 43.4 Å². The summed E-state index contributed by atoms with van der Waals surface area (Å²) in [7, 11) is -4.81. The number of carbonyl (C=O) groups excluding carboxylic acids is 2. The first kappa shape index (κ1) is 21.9. The van der Waals surface area contributed by atoms with E-state index in [-0.39, 0.29) is 12.8 Å². The van der Waals surface area contributed by atoms with Crippen LogP contribution in [0.1, 0.15) is 26.7 Å². The summed E-state index contributed by atoms with van der Waals surface area (Å²) in [6.07, 6.45) is -5.65. The Bertz CT molecular complexity index is 737. The predicted octanol–water partition coefficient (Wildman–Crippen LogP) is 1.70. The van der Waals surface area contributed by atoms with Crippen LogP contribution >= 0.6 is 0 Å². The quantitative estimate of drug-likeness (QED) is 0.515. The Balaban J connectivity index is 3.46. The monoisotopic (exact) mass is 396 g/mol. The zero-order chi connectivity index (χ0) is 20.0. The summed E-state index contributed by atoms with van der Waals surface area (Å²) in [5.74, 6) is -3.13. The lowest BCUT2D eigenvalue weighted by Gasteiger charge is -2.34. The molecule has 0 saturated heterocycles. The van der Waals surface area contributed by atoms with Gasteiger partial charge in [-0.2, -0.15) is 17.9 Å². The number of halogens is 3. The van der Waals surface area contributed by atoms with Crippen LogP contribution in [0.5, 0.6) is 0 Å². The molecule has 0 saturated carbocycles. The number of alkyl halides is 3. The van der Waals surface area contributed by atoms with Crippen LogP contribution in [-0.2, 0) is 24.3 Å². The van der Waals surface area contributed by atoms with Gasteiger partial charge in [-0.15, -0.1) is 0 Å². The normalized spacial score (nSPS) is 14.3. The number of ether oxygens (including phenoxy) is 1. The van der Waals surface area contributed by atoms with E-state index in [0.29, 0.717) is 0 Å². The second kappa shape index (κ2) is 8.49. The molecule has 0 aromatic heterocycles. The minimum Gasteiger partial charge on any atom is -0.463 e. The highest BCUT2D eigenvalue weighted by Gasteiger charge is 2.65. The Morgan fingerprint density at radius 2 is 1.69 bits per heavy atom. The Morgan fingerprint density at radius 3 is 2.15 bits per heavy atom. The molecule has 0 fully saturated rings. The van der Waals surface area contributed by atoms with Crippen LogP contribution < -0.4 is 10.0 Å². The van der Waals surface area contributed by atoms with Crippen LogP contribution in [0.3, 0.4) is 0 Å². The Hall–Kier alpha value is -2.14. The van der Waals surface area contributed by atoms with E-state index in [4.69, 9.17) is 0 Å². The summed E-state index contributed by atoms with van der Waals surface area (Å²) in [6, 6.07) is 6.14. The lowest BCUT2D eigenvalue weighted by molar-refractivity contribution is -0.217. The Kier molecular flexibility index (Phi) is 7.16. The van der Waals surface area contributed by atoms with Crippen LogP contribution in [0.2, 0.25) is 0 Å². The summed E-state index contributed by atoms with van der Waals surface area (Å²) >= 11 is 0. The highest BCUT2D eigenvalue weighted by atomic mass is 32.2. The first-order chi connectivity index (χ1) is 12.0. The molecule has 0 heterocycles. The van der Waals surface area contributed by atoms with Crippen LogP contribution in [0.4, 0.5) is 13.2 Å². The molecule has 11 heteroatoms. The maximum Gasteiger partial charge on any atom is 0.437 e. The Labute approximate surface area is 149 Å². The molecule has 1 rings (SSSR count). The van der Waals surface area contributed by atoms with Gasteiger partial charge in [0.15, 0.2) is 0 Å². The third-order valence-electron chi connectivity index (χ3n) is 3.15. The van der Waals surface area contributed by atoms with E-state index in [1.165, 1.54) is 42.1 Å². The van der Waals surface area contributed by atoms with Gasteiger partial charge in [0.2, 0.25) is 15.9 Å². The summed E-state index contributed by atoms with van der Waals surface area (Å²) in [6.45, 7) is 2.33. The molecular weight excluding hydrogens is 377 g/mol. The number of hydrogen-bond donors (Lipinski definition) is 2. The molecule has 1 unspecified atom stereocenters.